The van der Waals surface area contributed by atoms with Crippen molar-refractivity contribution >= 4 is 17.6 Å². The Morgan fingerprint density at radius 3 is 2.64 bits per heavy atom. The minimum Gasteiger partial charge on any atom is -0.496 e. The lowest BCUT2D eigenvalue weighted by Crippen LogP contribution is -2.30. The number of methoxy groups -OCH3 is 1. The van der Waals surface area contributed by atoms with Crippen molar-refractivity contribution in [1.29, 1.82) is 0 Å². The number of nitrogens with one attached hydrogen (secondary N) is 1. The zero-order chi connectivity index (χ0) is 19.9. The highest BCUT2D eigenvalue weighted by atomic mass is 16.6. The highest BCUT2D eigenvalue weighted by molar-refractivity contribution is 5.95. The van der Waals surface area contributed by atoms with Gasteiger partial charge in [-0.15, -0.1) is 0 Å². The number of benzene rings is 2. The Morgan fingerprint density at radius 2 is 1.86 bits per heavy atom. The molecule has 0 bridgehead atoms. The predicted molar refractivity (Wildman–Crippen MR) is 103 cm³/mol. The summed E-state index contributed by atoms with van der Waals surface area (Å²) in [5.74, 6) is 1.07. The number of hydrogen-bond acceptors (Lipinski definition) is 6. The number of amides is 1. The highest BCUT2D eigenvalue weighted by Gasteiger charge is 2.19. The molecule has 7 nitrogen and oxygen atoms in total. The number of para-hydroxylation sites is 1. The number of aryl methyl sites for hydroxylation is 1. The number of anilines is 1. The number of rotatable bonds is 7. The van der Waals surface area contributed by atoms with Crippen LogP contribution >= 0.6 is 0 Å². The minimum absolute atomic E-state index is 0.155. The topological polar surface area (TPSA) is 83.1 Å². The number of carbonyl (C=O) groups excluding carboxylic acids is 2. The maximum Gasteiger partial charge on any atom is 0.306 e. The molecule has 0 fully saturated rings. The summed E-state index contributed by atoms with van der Waals surface area (Å²) in [6.07, 6.45) is -0.292. The second-order valence-electron chi connectivity index (χ2n) is 6.29. The van der Waals surface area contributed by atoms with E-state index in [0.717, 1.165) is 11.3 Å². The minimum atomic E-state index is -0.918. The maximum atomic E-state index is 12.3. The van der Waals surface area contributed by atoms with E-state index in [-0.39, 0.29) is 6.42 Å². The zero-order valence-corrected chi connectivity index (χ0v) is 15.9. The van der Waals surface area contributed by atoms with E-state index in [1.807, 2.05) is 24.3 Å². The van der Waals surface area contributed by atoms with Crippen molar-refractivity contribution in [2.24, 2.45) is 0 Å². The van der Waals surface area contributed by atoms with E-state index in [4.69, 9.17) is 18.9 Å². The number of esters is 1. The third kappa shape index (κ3) is 4.94. The quantitative estimate of drug-likeness (QED) is 0.738. The third-order valence-corrected chi connectivity index (χ3v) is 4.28. The molecule has 0 aromatic heterocycles. The van der Waals surface area contributed by atoms with E-state index in [0.29, 0.717) is 36.8 Å². The lowest BCUT2D eigenvalue weighted by molar-refractivity contribution is -0.153. The van der Waals surface area contributed by atoms with Crippen LogP contribution in [0.1, 0.15) is 18.9 Å². The van der Waals surface area contributed by atoms with Crippen LogP contribution in [0.5, 0.6) is 17.2 Å². The summed E-state index contributed by atoms with van der Waals surface area (Å²) in [4.78, 5) is 24.4. The first-order valence-electron chi connectivity index (χ1n) is 9.08. The lowest BCUT2D eigenvalue weighted by Gasteiger charge is -2.19. The summed E-state index contributed by atoms with van der Waals surface area (Å²) >= 11 is 0. The Hall–Kier alpha value is -3.22. The summed E-state index contributed by atoms with van der Waals surface area (Å²) in [6, 6.07) is 12.6. The van der Waals surface area contributed by atoms with Crippen molar-refractivity contribution in [3.63, 3.8) is 0 Å². The van der Waals surface area contributed by atoms with Crippen molar-refractivity contribution < 1.29 is 28.5 Å². The average Bonchev–Trinajstić information content (AvgIpc) is 2.72. The second-order valence-corrected chi connectivity index (χ2v) is 6.29. The number of hydrogen-bond donors (Lipinski definition) is 1. The van der Waals surface area contributed by atoms with Crippen LogP contribution < -0.4 is 19.5 Å². The normalized spacial score (nSPS) is 13.4. The summed E-state index contributed by atoms with van der Waals surface area (Å²) in [6.45, 7) is 2.50. The fourth-order valence-corrected chi connectivity index (χ4v) is 2.82. The van der Waals surface area contributed by atoms with Gasteiger partial charge in [0.2, 0.25) is 0 Å². The molecule has 0 aliphatic carbocycles. The summed E-state index contributed by atoms with van der Waals surface area (Å²) in [5.41, 5.74) is 1.46. The Labute approximate surface area is 163 Å². The second kappa shape index (κ2) is 9.12. The van der Waals surface area contributed by atoms with Gasteiger partial charge in [0.05, 0.1) is 7.11 Å². The maximum absolute atomic E-state index is 12.3. The Bertz CT molecular complexity index is 851. The van der Waals surface area contributed by atoms with Gasteiger partial charge in [-0.05, 0) is 37.1 Å². The van der Waals surface area contributed by atoms with Crippen molar-refractivity contribution in [2.45, 2.75) is 25.9 Å². The van der Waals surface area contributed by atoms with Gasteiger partial charge in [-0.25, -0.2) is 0 Å². The lowest BCUT2D eigenvalue weighted by atomic mass is 10.1. The predicted octanol–water partition coefficient (Wildman–Crippen LogP) is 2.97. The summed E-state index contributed by atoms with van der Waals surface area (Å²) in [7, 11) is 1.58. The van der Waals surface area contributed by atoms with Crippen LogP contribution in [0.2, 0.25) is 0 Å². The number of carbonyl (C=O) groups is 2. The molecule has 1 unspecified atom stereocenters. The van der Waals surface area contributed by atoms with Gasteiger partial charge in [-0.2, -0.15) is 0 Å². The summed E-state index contributed by atoms with van der Waals surface area (Å²) < 4.78 is 21.5. The van der Waals surface area contributed by atoms with Crippen molar-refractivity contribution in [3.8, 4) is 17.2 Å². The van der Waals surface area contributed by atoms with E-state index in [9.17, 15) is 9.59 Å². The molecule has 3 rings (SSSR count). The molecule has 2 aromatic carbocycles. The van der Waals surface area contributed by atoms with Crippen LogP contribution in [-0.4, -0.2) is 38.3 Å². The van der Waals surface area contributed by atoms with E-state index < -0.39 is 18.0 Å². The van der Waals surface area contributed by atoms with Crippen LogP contribution in [-0.2, 0) is 20.7 Å². The Morgan fingerprint density at radius 1 is 1.11 bits per heavy atom. The number of fused-ring (bicyclic) bond motifs is 1. The molecule has 1 aliphatic heterocycles. The van der Waals surface area contributed by atoms with Gasteiger partial charge < -0.3 is 24.3 Å². The largest absolute Gasteiger partial charge is 0.496 e. The molecule has 2 aromatic rings. The molecular weight excluding hydrogens is 362 g/mol. The van der Waals surface area contributed by atoms with Gasteiger partial charge in [0.15, 0.2) is 17.6 Å². The Kier molecular flexibility index (Phi) is 6.37. The first-order valence-corrected chi connectivity index (χ1v) is 9.08. The molecule has 1 N–H and O–H groups in total. The molecule has 7 heteroatoms. The van der Waals surface area contributed by atoms with Gasteiger partial charge in [-0.1, -0.05) is 18.2 Å². The number of ether oxygens (including phenoxy) is 4. The molecule has 1 aliphatic rings. The zero-order valence-electron chi connectivity index (χ0n) is 15.9. The van der Waals surface area contributed by atoms with Gasteiger partial charge in [0.1, 0.15) is 19.0 Å². The molecular formula is C21H23NO6. The molecule has 1 atom stereocenters. The first-order chi connectivity index (χ1) is 13.6. The van der Waals surface area contributed by atoms with Gasteiger partial charge in [0.25, 0.3) is 5.91 Å². The van der Waals surface area contributed by atoms with Gasteiger partial charge in [0, 0.05) is 18.2 Å². The molecule has 28 heavy (non-hydrogen) atoms. The molecule has 0 saturated heterocycles. The Balaban J connectivity index is 1.50. The van der Waals surface area contributed by atoms with Crippen molar-refractivity contribution in [1.82, 2.24) is 0 Å². The molecule has 1 heterocycles. The molecule has 1 amide bonds. The van der Waals surface area contributed by atoms with E-state index in [1.165, 1.54) is 6.92 Å². The smallest absolute Gasteiger partial charge is 0.306 e. The van der Waals surface area contributed by atoms with E-state index in [1.54, 1.807) is 25.3 Å². The van der Waals surface area contributed by atoms with Crippen LogP contribution in [0.15, 0.2) is 42.5 Å². The van der Waals surface area contributed by atoms with Gasteiger partial charge >= 0.3 is 5.97 Å². The first kappa shape index (κ1) is 19.5. The fourth-order valence-electron chi connectivity index (χ4n) is 2.82. The van der Waals surface area contributed by atoms with Crippen LogP contribution in [0, 0.1) is 0 Å². The van der Waals surface area contributed by atoms with Crippen molar-refractivity contribution in [3.05, 3.63) is 48.0 Å². The third-order valence-electron chi connectivity index (χ3n) is 4.28. The molecule has 0 radical (unpaired) electrons. The molecule has 0 spiro atoms. The van der Waals surface area contributed by atoms with Crippen LogP contribution in [0.4, 0.5) is 5.69 Å². The van der Waals surface area contributed by atoms with E-state index in [2.05, 4.69) is 5.32 Å². The standard InChI is InChI=1S/C21H23NO6/c1-14(28-20(23)10-7-15-5-3-4-6-17(15)25-2)21(24)22-16-8-9-18-19(13-16)27-12-11-26-18/h3-6,8-9,13-14H,7,10-12H2,1-2H3,(H,22,24). The monoisotopic (exact) mass is 385 g/mol. The van der Waals surface area contributed by atoms with E-state index >= 15 is 0 Å². The van der Waals surface area contributed by atoms with Crippen molar-refractivity contribution in [2.75, 3.05) is 25.6 Å². The highest BCUT2D eigenvalue weighted by Crippen LogP contribution is 2.32. The summed E-state index contributed by atoms with van der Waals surface area (Å²) in [5, 5.41) is 2.72. The fraction of sp³-hybridized carbons (Fsp3) is 0.333. The van der Waals surface area contributed by atoms with Gasteiger partial charge in [-0.3, -0.25) is 9.59 Å². The SMILES string of the molecule is COc1ccccc1CCC(=O)OC(C)C(=O)Nc1ccc2c(c1)OCCO2. The van der Waals surface area contributed by atoms with Crippen LogP contribution in [0.3, 0.4) is 0 Å². The molecule has 148 valence electrons. The molecule has 0 saturated carbocycles. The average molecular weight is 385 g/mol. The van der Waals surface area contributed by atoms with Crippen LogP contribution in [0.25, 0.3) is 0 Å².